The van der Waals surface area contributed by atoms with Crippen LogP contribution in [0.3, 0.4) is 0 Å². The van der Waals surface area contributed by atoms with Crippen molar-refractivity contribution in [3.8, 4) is 11.4 Å². The van der Waals surface area contributed by atoms with Crippen LogP contribution in [0.25, 0.3) is 16.7 Å². The van der Waals surface area contributed by atoms with Gasteiger partial charge < -0.3 is 14.6 Å². The number of fused-ring (bicyclic) bond motifs is 2. The van der Waals surface area contributed by atoms with Gasteiger partial charge in [-0.15, -0.1) is 0 Å². The number of rotatable bonds is 4. The van der Waals surface area contributed by atoms with Crippen LogP contribution >= 0.6 is 0 Å². The summed E-state index contributed by atoms with van der Waals surface area (Å²) in [6, 6.07) is 11.5. The Morgan fingerprint density at radius 2 is 2.00 bits per heavy atom. The van der Waals surface area contributed by atoms with Crippen LogP contribution in [0.4, 0.5) is 0 Å². The third kappa shape index (κ3) is 2.90. The van der Waals surface area contributed by atoms with Crippen molar-refractivity contribution in [2.24, 2.45) is 11.8 Å². The second kappa shape index (κ2) is 6.66. The molecule has 1 saturated heterocycles. The molecule has 31 heavy (non-hydrogen) atoms. The topological polar surface area (TPSA) is 88.9 Å². The molecule has 4 aromatic rings. The van der Waals surface area contributed by atoms with E-state index in [-0.39, 0.29) is 11.9 Å². The Balaban J connectivity index is 1.40. The Morgan fingerprint density at radius 1 is 1.16 bits per heavy atom. The Labute approximate surface area is 178 Å². The molecule has 3 atom stereocenters. The van der Waals surface area contributed by atoms with Crippen LogP contribution in [0.15, 0.2) is 48.8 Å². The Kier molecular flexibility index (Phi) is 3.89. The van der Waals surface area contributed by atoms with Gasteiger partial charge in [-0.3, -0.25) is 4.79 Å². The number of carbonyl (C=O) groups is 1. The van der Waals surface area contributed by atoms with Crippen molar-refractivity contribution in [1.29, 1.82) is 0 Å². The number of aryl methyl sites for hydroxylation is 1. The molecule has 8 heteroatoms. The molecule has 2 aromatic carbocycles. The molecule has 1 saturated carbocycles. The highest BCUT2D eigenvalue weighted by molar-refractivity contribution is 5.98. The smallest absolute Gasteiger partial charge is 0.256 e. The number of aromatic amines is 1. The van der Waals surface area contributed by atoms with E-state index in [1.165, 1.54) is 4.80 Å². The van der Waals surface area contributed by atoms with Crippen molar-refractivity contribution >= 4 is 16.9 Å². The van der Waals surface area contributed by atoms with E-state index in [1.54, 1.807) is 19.5 Å². The minimum atomic E-state index is -0.0603. The van der Waals surface area contributed by atoms with Crippen molar-refractivity contribution < 1.29 is 9.53 Å². The summed E-state index contributed by atoms with van der Waals surface area (Å²) in [6.07, 6.45) is 4.37. The van der Waals surface area contributed by atoms with Gasteiger partial charge in [0.25, 0.3) is 5.91 Å². The fraction of sp³-hybridized carbons (Fsp3) is 0.304. The molecule has 1 amide bonds. The number of nitrogens with zero attached hydrogens (tertiary/aromatic N) is 5. The Bertz CT molecular complexity index is 1290. The second-order valence-electron chi connectivity index (χ2n) is 8.41. The number of benzene rings is 2. The minimum absolute atomic E-state index is 0.00811. The van der Waals surface area contributed by atoms with Gasteiger partial charge in [0.15, 0.2) is 0 Å². The van der Waals surface area contributed by atoms with E-state index in [1.807, 2.05) is 48.2 Å². The zero-order valence-corrected chi connectivity index (χ0v) is 17.3. The van der Waals surface area contributed by atoms with Crippen LogP contribution in [0, 0.1) is 18.8 Å². The summed E-state index contributed by atoms with van der Waals surface area (Å²) in [5.41, 5.74) is 4.12. The Morgan fingerprint density at radius 3 is 2.81 bits per heavy atom. The first-order chi connectivity index (χ1) is 15.1. The van der Waals surface area contributed by atoms with Crippen LogP contribution < -0.4 is 4.74 Å². The lowest BCUT2D eigenvalue weighted by molar-refractivity contribution is 0.0698. The van der Waals surface area contributed by atoms with Crippen molar-refractivity contribution in [2.45, 2.75) is 19.4 Å². The highest BCUT2D eigenvalue weighted by atomic mass is 16.5. The third-order valence-corrected chi connectivity index (χ3v) is 6.42. The summed E-state index contributed by atoms with van der Waals surface area (Å²) < 4.78 is 5.33. The number of carbonyl (C=O) groups excluding carboxylic acids is 1. The van der Waals surface area contributed by atoms with E-state index in [4.69, 9.17) is 9.72 Å². The summed E-state index contributed by atoms with van der Waals surface area (Å²) in [6.45, 7) is 2.73. The normalized spacial score (nSPS) is 22.0. The number of piperidine rings is 1. The number of H-pyrrole nitrogens is 1. The summed E-state index contributed by atoms with van der Waals surface area (Å²) in [4.78, 5) is 25.5. The van der Waals surface area contributed by atoms with Gasteiger partial charge in [-0.1, -0.05) is 11.6 Å². The van der Waals surface area contributed by atoms with Gasteiger partial charge in [-0.2, -0.15) is 15.0 Å². The average molecular weight is 414 g/mol. The van der Waals surface area contributed by atoms with E-state index in [0.717, 1.165) is 41.1 Å². The average Bonchev–Trinajstić information content (AvgIpc) is 3.19. The molecular weight excluding hydrogens is 392 g/mol. The van der Waals surface area contributed by atoms with Gasteiger partial charge in [-0.25, -0.2) is 4.98 Å². The molecule has 1 aliphatic carbocycles. The van der Waals surface area contributed by atoms with E-state index >= 15 is 0 Å². The molecule has 2 aromatic heterocycles. The molecule has 8 nitrogen and oxygen atoms in total. The standard InChI is InChI=1S/C23H22N6O2/c1-13-3-6-20(29-24-7-8-25-29)17(9-13)23(30)28-12-14-10-16(14)21(28)22-26-18-5-4-15(31-2)11-19(18)27-22/h3-9,11,14,16,21H,10,12H2,1-2H3,(H,26,27). The molecule has 3 unspecified atom stereocenters. The number of methoxy groups -OCH3 is 1. The summed E-state index contributed by atoms with van der Waals surface area (Å²) in [5, 5.41) is 8.47. The predicted octanol–water partition coefficient (Wildman–Crippen LogP) is 3.29. The van der Waals surface area contributed by atoms with Crippen molar-refractivity contribution in [3.05, 3.63) is 65.7 Å². The summed E-state index contributed by atoms with van der Waals surface area (Å²) in [5.74, 6) is 2.58. The monoisotopic (exact) mass is 414 g/mol. The van der Waals surface area contributed by atoms with Gasteiger partial charge in [0.1, 0.15) is 11.6 Å². The molecule has 0 spiro atoms. The van der Waals surface area contributed by atoms with Gasteiger partial charge in [0.2, 0.25) is 0 Å². The molecule has 2 fully saturated rings. The fourth-order valence-electron chi connectivity index (χ4n) is 4.79. The maximum absolute atomic E-state index is 13.8. The third-order valence-electron chi connectivity index (χ3n) is 6.42. The number of imidazole rings is 1. The molecule has 156 valence electrons. The van der Waals surface area contributed by atoms with Crippen molar-refractivity contribution in [2.75, 3.05) is 13.7 Å². The molecular formula is C23H22N6O2. The number of ether oxygens (including phenoxy) is 1. The molecule has 1 aliphatic heterocycles. The largest absolute Gasteiger partial charge is 0.497 e. The molecule has 0 bridgehead atoms. The number of aromatic nitrogens is 5. The Hall–Kier alpha value is -3.68. The van der Waals surface area contributed by atoms with Gasteiger partial charge >= 0.3 is 0 Å². The zero-order chi connectivity index (χ0) is 21.1. The highest BCUT2D eigenvalue weighted by Gasteiger charge is 2.55. The number of hydrogen-bond donors (Lipinski definition) is 1. The van der Waals surface area contributed by atoms with Gasteiger partial charge in [0, 0.05) is 12.6 Å². The van der Waals surface area contributed by atoms with Crippen LogP contribution in [0.1, 0.15) is 34.2 Å². The lowest BCUT2D eigenvalue weighted by Gasteiger charge is -2.27. The van der Waals surface area contributed by atoms with E-state index in [0.29, 0.717) is 23.1 Å². The lowest BCUT2D eigenvalue weighted by Crippen LogP contribution is -2.34. The number of hydrogen-bond acceptors (Lipinski definition) is 5. The lowest BCUT2D eigenvalue weighted by atomic mass is 10.1. The summed E-state index contributed by atoms with van der Waals surface area (Å²) >= 11 is 0. The predicted molar refractivity (Wildman–Crippen MR) is 114 cm³/mol. The van der Waals surface area contributed by atoms with Crippen molar-refractivity contribution in [1.82, 2.24) is 29.9 Å². The van der Waals surface area contributed by atoms with E-state index in [2.05, 4.69) is 15.2 Å². The zero-order valence-electron chi connectivity index (χ0n) is 17.3. The number of amides is 1. The molecule has 1 N–H and O–H groups in total. The molecule has 2 aliphatic rings. The van der Waals surface area contributed by atoms with Gasteiger partial charge in [0.05, 0.1) is 47.8 Å². The first-order valence-electron chi connectivity index (χ1n) is 10.4. The quantitative estimate of drug-likeness (QED) is 0.554. The summed E-state index contributed by atoms with van der Waals surface area (Å²) in [7, 11) is 1.65. The van der Waals surface area contributed by atoms with E-state index < -0.39 is 0 Å². The first kappa shape index (κ1) is 18.1. The van der Waals surface area contributed by atoms with Crippen LogP contribution in [-0.4, -0.2) is 49.4 Å². The maximum atomic E-state index is 13.8. The highest BCUT2D eigenvalue weighted by Crippen LogP contribution is 2.56. The minimum Gasteiger partial charge on any atom is -0.497 e. The SMILES string of the molecule is COc1ccc2[nH]c(C3C4CC4CN3C(=O)c3cc(C)ccc3-n3nccn3)nc2c1. The van der Waals surface area contributed by atoms with Crippen LogP contribution in [-0.2, 0) is 0 Å². The number of nitrogens with one attached hydrogen (secondary N) is 1. The van der Waals surface area contributed by atoms with Gasteiger partial charge in [-0.05, 0) is 49.4 Å². The number of likely N-dealkylation sites (tertiary alicyclic amines) is 1. The molecule has 0 radical (unpaired) electrons. The van der Waals surface area contributed by atoms with E-state index in [9.17, 15) is 4.79 Å². The molecule has 6 rings (SSSR count). The van der Waals surface area contributed by atoms with Crippen LogP contribution in [0.2, 0.25) is 0 Å². The second-order valence-corrected chi connectivity index (χ2v) is 8.41. The fourth-order valence-corrected chi connectivity index (χ4v) is 4.79. The maximum Gasteiger partial charge on any atom is 0.256 e. The van der Waals surface area contributed by atoms with Crippen LogP contribution in [0.5, 0.6) is 5.75 Å². The molecule has 3 heterocycles. The first-order valence-corrected chi connectivity index (χ1v) is 10.4. The van der Waals surface area contributed by atoms with Crippen molar-refractivity contribution in [3.63, 3.8) is 0 Å².